The van der Waals surface area contributed by atoms with Crippen LogP contribution in [-0.4, -0.2) is 37.2 Å². The monoisotopic (exact) mass is 339 g/mol. The third-order valence-corrected chi connectivity index (χ3v) is 5.49. The lowest BCUT2D eigenvalue weighted by molar-refractivity contribution is 0.120. The molecule has 6 heteroatoms. The van der Waals surface area contributed by atoms with Crippen LogP contribution in [0, 0.1) is 0 Å². The Kier molecular flexibility index (Phi) is 4.66. The minimum Gasteiger partial charge on any atom is -0.293 e. The Balaban J connectivity index is 1.46. The summed E-state index contributed by atoms with van der Waals surface area (Å²) in [7, 11) is 0. The van der Waals surface area contributed by atoms with Crippen LogP contribution in [0.3, 0.4) is 0 Å². The number of hydrogen-bond donors (Lipinski definition) is 0. The molecule has 2 aromatic heterocycles. The Morgan fingerprint density at radius 3 is 2.92 bits per heavy atom. The quantitative estimate of drug-likeness (QED) is 0.714. The zero-order valence-electron chi connectivity index (χ0n) is 13.6. The summed E-state index contributed by atoms with van der Waals surface area (Å²) >= 11 is 1.73. The molecule has 1 aliphatic heterocycles. The maximum atomic E-state index is 4.85. The minimum atomic E-state index is 0.516. The lowest BCUT2D eigenvalue weighted by atomic mass is 10.0. The second kappa shape index (κ2) is 7.23. The van der Waals surface area contributed by atoms with Crippen molar-refractivity contribution in [1.29, 1.82) is 0 Å². The maximum Gasteiger partial charge on any atom is 0.137 e. The van der Waals surface area contributed by atoms with E-state index in [1.165, 1.54) is 30.5 Å². The van der Waals surface area contributed by atoms with E-state index in [1.54, 1.807) is 17.7 Å². The molecule has 0 saturated carbocycles. The predicted molar refractivity (Wildman–Crippen MR) is 95.6 cm³/mol. The number of piperidine rings is 1. The van der Waals surface area contributed by atoms with Gasteiger partial charge < -0.3 is 0 Å². The van der Waals surface area contributed by atoms with Gasteiger partial charge in [0.05, 0.1) is 12.2 Å². The number of rotatable bonds is 5. The van der Waals surface area contributed by atoms with Gasteiger partial charge in [0.25, 0.3) is 0 Å². The molecule has 4 rings (SSSR count). The first-order valence-electron chi connectivity index (χ1n) is 8.45. The van der Waals surface area contributed by atoms with E-state index < -0.39 is 0 Å². The smallest absolute Gasteiger partial charge is 0.137 e. The van der Waals surface area contributed by atoms with Crippen molar-refractivity contribution in [2.45, 2.75) is 38.4 Å². The van der Waals surface area contributed by atoms with Gasteiger partial charge in [0.1, 0.15) is 17.7 Å². The van der Waals surface area contributed by atoms with Crippen molar-refractivity contribution in [3.63, 3.8) is 0 Å². The Labute approximate surface area is 146 Å². The molecule has 0 amide bonds. The fraction of sp³-hybridized carbons (Fsp3) is 0.389. The third kappa shape index (κ3) is 3.55. The Bertz CT molecular complexity index is 753. The molecule has 5 nitrogen and oxygen atoms in total. The van der Waals surface area contributed by atoms with E-state index in [1.807, 2.05) is 17.1 Å². The van der Waals surface area contributed by atoms with Gasteiger partial charge in [0.2, 0.25) is 0 Å². The maximum absolute atomic E-state index is 4.85. The Morgan fingerprint density at radius 1 is 1.17 bits per heavy atom. The first-order chi connectivity index (χ1) is 11.9. The lowest BCUT2D eigenvalue weighted by Gasteiger charge is -2.35. The van der Waals surface area contributed by atoms with Crippen molar-refractivity contribution < 1.29 is 0 Å². The number of likely N-dealkylation sites (tertiary alicyclic amines) is 1. The molecule has 0 aliphatic carbocycles. The summed E-state index contributed by atoms with van der Waals surface area (Å²) in [6, 6.07) is 10.9. The fourth-order valence-electron chi connectivity index (χ4n) is 3.32. The SMILES string of the molecule is c1ccc(-c2nc(CN3CCCC[C@H]3Cn3cncn3)cs2)cc1. The van der Waals surface area contributed by atoms with E-state index in [4.69, 9.17) is 4.98 Å². The highest BCUT2D eigenvalue weighted by Gasteiger charge is 2.23. The van der Waals surface area contributed by atoms with Crippen molar-refractivity contribution in [2.24, 2.45) is 0 Å². The molecule has 3 aromatic rings. The van der Waals surface area contributed by atoms with E-state index in [0.717, 1.165) is 24.6 Å². The third-order valence-electron chi connectivity index (χ3n) is 4.55. The van der Waals surface area contributed by atoms with E-state index in [9.17, 15) is 0 Å². The van der Waals surface area contributed by atoms with Crippen LogP contribution in [0.25, 0.3) is 10.6 Å². The van der Waals surface area contributed by atoms with Gasteiger partial charge in [-0.05, 0) is 19.4 Å². The van der Waals surface area contributed by atoms with Crippen LogP contribution in [0.15, 0.2) is 48.4 Å². The molecule has 0 unspecified atom stereocenters. The summed E-state index contributed by atoms with van der Waals surface area (Å²) in [4.78, 5) is 11.5. The molecule has 0 spiro atoms. The number of nitrogens with zero attached hydrogens (tertiary/aromatic N) is 5. The number of benzene rings is 1. The standard InChI is InChI=1S/C18H21N5S/c1-2-6-15(7-3-1)18-21-16(12-24-18)10-22-9-5-4-8-17(22)11-23-14-19-13-20-23/h1-3,6-7,12-14,17H,4-5,8-11H2/t17-/m0/s1. The first kappa shape index (κ1) is 15.5. The fourth-order valence-corrected chi connectivity index (χ4v) is 4.14. The average Bonchev–Trinajstić information content (AvgIpc) is 3.29. The van der Waals surface area contributed by atoms with Crippen LogP contribution in [0.2, 0.25) is 0 Å². The zero-order chi connectivity index (χ0) is 16.2. The van der Waals surface area contributed by atoms with Crippen LogP contribution in [0.1, 0.15) is 25.0 Å². The summed E-state index contributed by atoms with van der Waals surface area (Å²) in [5.41, 5.74) is 2.37. The van der Waals surface area contributed by atoms with Crippen LogP contribution in [0.4, 0.5) is 0 Å². The van der Waals surface area contributed by atoms with E-state index in [-0.39, 0.29) is 0 Å². The summed E-state index contributed by atoms with van der Waals surface area (Å²) in [6.45, 7) is 2.97. The zero-order valence-corrected chi connectivity index (χ0v) is 14.4. The average molecular weight is 339 g/mol. The molecule has 0 radical (unpaired) electrons. The summed E-state index contributed by atoms with van der Waals surface area (Å²) in [5.74, 6) is 0. The number of thiazole rings is 1. The number of aromatic nitrogens is 4. The van der Waals surface area contributed by atoms with Crippen LogP contribution in [0.5, 0.6) is 0 Å². The van der Waals surface area contributed by atoms with E-state index in [2.05, 4.69) is 44.6 Å². The highest BCUT2D eigenvalue weighted by atomic mass is 32.1. The topological polar surface area (TPSA) is 46.8 Å². The molecule has 0 bridgehead atoms. The van der Waals surface area contributed by atoms with Gasteiger partial charge in [-0.3, -0.25) is 9.58 Å². The molecule has 1 aromatic carbocycles. The molecular formula is C18H21N5S. The molecule has 124 valence electrons. The molecule has 1 fully saturated rings. The summed E-state index contributed by atoms with van der Waals surface area (Å²) in [6.07, 6.45) is 7.20. The molecule has 1 atom stereocenters. The highest BCUT2D eigenvalue weighted by molar-refractivity contribution is 7.13. The van der Waals surface area contributed by atoms with Gasteiger partial charge in [-0.2, -0.15) is 5.10 Å². The van der Waals surface area contributed by atoms with Crippen molar-refractivity contribution in [3.05, 3.63) is 54.1 Å². The normalized spacial score (nSPS) is 18.8. The second-order valence-electron chi connectivity index (χ2n) is 6.25. The first-order valence-corrected chi connectivity index (χ1v) is 9.33. The van der Waals surface area contributed by atoms with Gasteiger partial charge in [0.15, 0.2) is 0 Å². The van der Waals surface area contributed by atoms with Gasteiger partial charge in [-0.1, -0.05) is 36.8 Å². The largest absolute Gasteiger partial charge is 0.293 e. The lowest BCUT2D eigenvalue weighted by Crippen LogP contribution is -2.41. The van der Waals surface area contributed by atoms with Crippen molar-refractivity contribution in [3.8, 4) is 10.6 Å². The summed E-state index contributed by atoms with van der Waals surface area (Å²) < 4.78 is 1.94. The highest BCUT2D eigenvalue weighted by Crippen LogP contribution is 2.26. The van der Waals surface area contributed by atoms with Gasteiger partial charge in [0, 0.05) is 23.5 Å². The minimum absolute atomic E-state index is 0.516. The van der Waals surface area contributed by atoms with E-state index in [0.29, 0.717) is 6.04 Å². The summed E-state index contributed by atoms with van der Waals surface area (Å²) in [5, 5.41) is 7.57. The van der Waals surface area contributed by atoms with Crippen molar-refractivity contribution >= 4 is 11.3 Å². The number of hydrogen-bond acceptors (Lipinski definition) is 5. The molecule has 1 saturated heterocycles. The molecule has 0 N–H and O–H groups in total. The van der Waals surface area contributed by atoms with E-state index >= 15 is 0 Å². The van der Waals surface area contributed by atoms with Crippen molar-refractivity contribution in [1.82, 2.24) is 24.6 Å². The van der Waals surface area contributed by atoms with Crippen LogP contribution >= 0.6 is 11.3 Å². The molecular weight excluding hydrogens is 318 g/mol. The molecule has 24 heavy (non-hydrogen) atoms. The second-order valence-corrected chi connectivity index (χ2v) is 7.11. The van der Waals surface area contributed by atoms with Gasteiger partial charge in [-0.25, -0.2) is 9.97 Å². The van der Waals surface area contributed by atoms with Gasteiger partial charge >= 0.3 is 0 Å². The molecule has 3 heterocycles. The van der Waals surface area contributed by atoms with Crippen LogP contribution < -0.4 is 0 Å². The van der Waals surface area contributed by atoms with Crippen molar-refractivity contribution in [2.75, 3.05) is 6.54 Å². The van der Waals surface area contributed by atoms with Gasteiger partial charge in [-0.15, -0.1) is 11.3 Å². The van der Waals surface area contributed by atoms with Crippen LogP contribution in [-0.2, 0) is 13.1 Å². The predicted octanol–water partition coefficient (Wildman–Crippen LogP) is 3.46. The Hall–Kier alpha value is -2.05. The molecule has 1 aliphatic rings. The Morgan fingerprint density at radius 2 is 2.08 bits per heavy atom.